The van der Waals surface area contributed by atoms with Gasteiger partial charge >= 0.3 is 0 Å². The predicted molar refractivity (Wildman–Crippen MR) is 67.9 cm³/mol. The number of hydrazine groups is 1. The third kappa shape index (κ3) is 4.40. The van der Waals surface area contributed by atoms with Crippen LogP contribution < -0.4 is 11.3 Å². The van der Waals surface area contributed by atoms with Crippen LogP contribution in [-0.4, -0.2) is 19.3 Å². The summed E-state index contributed by atoms with van der Waals surface area (Å²) in [5.41, 5.74) is 3.01. The Bertz CT molecular complexity index is 179. The molecule has 0 heterocycles. The highest BCUT2D eigenvalue weighted by molar-refractivity contribution is 4.80. The normalized spacial score (nSPS) is 30.0. The van der Waals surface area contributed by atoms with Crippen LogP contribution in [0.1, 0.15) is 52.4 Å². The van der Waals surface area contributed by atoms with Gasteiger partial charge in [0.15, 0.2) is 0 Å². The monoisotopic (exact) mass is 228 g/mol. The molecule has 2 unspecified atom stereocenters. The Morgan fingerprint density at radius 3 is 2.38 bits per heavy atom. The SMILES string of the molecule is COC(C)CCC(NN)C1CCC(C)CC1. The van der Waals surface area contributed by atoms with E-state index in [2.05, 4.69) is 19.3 Å². The molecule has 0 amide bonds. The molecule has 1 fully saturated rings. The van der Waals surface area contributed by atoms with E-state index in [1.165, 1.54) is 25.7 Å². The van der Waals surface area contributed by atoms with Gasteiger partial charge in [-0.15, -0.1) is 0 Å². The number of nitrogens with two attached hydrogens (primary N) is 1. The van der Waals surface area contributed by atoms with Crippen molar-refractivity contribution in [3.05, 3.63) is 0 Å². The summed E-state index contributed by atoms with van der Waals surface area (Å²) in [4.78, 5) is 0. The minimum absolute atomic E-state index is 0.346. The quantitative estimate of drug-likeness (QED) is 0.542. The lowest BCUT2D eigenvalue weighted by atomic mass is 9.78. The Balaban J connectivity index is 2.30. The van der Waals surface area contributed by atoms with Gasteiger partial charge in [-0.05, 0) is 44.4 Å². The van der Waals surface area contributed by atoms with Crippen LogP contribution in [0.4, 0.5) is 0 Å². The molecule has 2 atom stereocenters. The Kier molecular flexibility index (Phi) is 6.32. The van der Waals surface area contributed by atoms with Crippen LogP contribution in [0.15, 0.2) is 0 Å². The average molecular weight is 228 g/mol. The smallest absolute Gasteiger partial charge is 0.0543 e. The molecule has 0 aromatic heterocycles. The van der Waals surface area contributed by atoms with E-state index in [9.17, 15) is 0 Å². The zero-order chi connectivity index (χ0) is 12.0. The zero-order valence-electron chi connectivity index (χ0n) is 11.0. The number of ether oxygens (including phenoxy) is 1. The lowest BCUT2D eigenvalue weighted by Gasteiger charge is -2.32. The Hall–Kier alpha value is -0.120. The first-order chi connectivity index (χ1) is 7.67. The van der Waals surface area contributed by atoms with Gasteiger partial charge in [0.1, 0.15) is 0 Å². The van der Waals surface area contributed by atoms with Gasteiger partial charge in [-0.3, -0.25) is 11.3 Å². The summed E-state index contributed by atoms with van der Waals surface area (Å²) in [5, 5.41) is 0. The third-order valence-electron chi connectivity index (χ3n) is 4.13. The second-order valence-electron chi connectivity index (χ2n) is 5.42. The van der Waals surface area contributed by atoms with Crippen molar-refractivity contribution in [2.45, 2.75) is 64.5 Å². The summed E-state index contributed by atoms with van der Waals surface area (Å²) < 4.78 is 5.28. The molecule has 3 heteroatoms. The van der Waals surface area contributed by atoms with E-state index in [0.29, 0.717) is 12.1 Å². The Labute approximate surface area is 100 Å². The van der Waals surface area contributed by atoms with Crippen LogP contribution in [0.25, 0.3) is 0 Å². The lowest BCUT2D eigenvalue weighted by molar-refractivity contribution is 0.100. The topological polar surface area (TPSA) is 47.3 Å². The van der Waals surface area contributed by atoms with Gasteiger partial charge in [0.25, 0.3) is 0 Å². The summed E-state index contributed by atoms with van der Waals surface area (Å²) >= 11 is 0. The lowest BCUT2D eigenvalue weighted by Crippen LogP contribution is -2.42. The highest BCUT2D eigenvalue weighted by atomic mass is 16.5. The van der Waals surface area contributed by atoms with Crippen molar-refractivity contribution >= 4 is 0 Å². The van der Waals surface area contributed by atoms with Crippen molar-refractivity contribution in [1.82, 2.24) is 5.43 Å². The number of hydrogen-bond acceptors (Lipinski definition) is 3. The van der Waals surface area contributed by atoms with Crippen molar-refractivity contribution in [2.75, 3.05) is 7.11 Å². The van der Waals surface area contributed by atoms with Crippen LogP contribution in [0.3, 0.4) is 0 Å². The standard InChI is InChI=1S/C13H28N2O/c1-10-4-7-12(8-5-10)13(15-14)9-6-11(2)16-3/h10-13,15H,4-9,14H2,1-3H3. The molecule has 0 saturated heterocycles. The molecule has 0 aromatic rings. The largest absolute Gasteiger partial charge is 0.382 e. The van der Waals surface area contributed by atoms with Gasteiger partial charge in [-0.2, -0.15) is 0 Å². The van der Waals surface area contributed by atoms with E-state index in [1.807, 2.05) is 0 Å². The molecular formula is C13H28N2O. The molecule has 16 heavy (non-hydrogen) atoms. The van der Waals surface area contributed by atoms with Gasteiger partial charge in [-0.25, -0.2) is 0 Å². The van der Waals surface area contributed by atoms with Crippen molar-refractivity contribution in [1.29, 1.82) is 0 Å². The molecule has 1 saturated carbocycles. The van der Waals surface area contributed by atoms with Gasteiger partial charge in [0, 0.05) is 13.2 Å². The van der Waals surface area contributed by atoms with Crippen LogP contribution >= 0.6 is 0 Å². The van der Waals surface area contributed by atoms with Gasteiger partial charge in [0.2, 0.25) is 0 Å². The molecule has 0 aromatic carbocycles. The number of hydrogen-bond donors (Lipinski definition) is 2. The van der Waals surface area contributed by atoms with E-state index in [0.717, 1.165) is 24.7 Å². The summed E-state index contributed by atoms with van der Waals surface area (Å²) in [6.07, 6.45) is 7.96. The highest BCUT2D eigenvalue weighted by Crippen LogP contribution is 2.31. The van der Waals surface area contributed by atoms with Crippen molar-refractivity contribution in [3.8, 4) is 0 Å². The number of methoxy groups -OCH3 is 1. The van der Waals surface area contributed by atoms with E-state index < -0.39 is 0 Å². The van der Waals surface area contributed by atoms with Crippen molar-refractivity contribution in [2.24, 2.45) is 17.7 Å². The van der Waals surface area contributed by atoms with E-state index >= 15 is 0 Å². The summed E-state index contributed by atoms with van der Waals surface area (Å²) in [6.45, 7) is 4.48. The van der Waals surface area contributed by atoms with Crippen LogP contribution in [0.5, 0.6) is 0 Å². The second kappa shape index (κ2) is 7.25. The molecule has 0 aliphatic heterocycles. The fraction of sp³-hybridized carbons (Fsp3) is 1.00. The van der Waals surface area contributed by atoms with Crippen LogP contribution in [0, 0.1) is 11.8 Å². The third-order valence-corrected chi connectivity index (χ3v) is 4.13. The first-order valence-corrected chi connectivity index (χ1v) is 6.66. The molecule has 1 aliphatic carbocycles. The van der Waals surface area contributed by atoms with Crippen LogP contribution in [-0.2, 0) is 4.74 Å². The molecule has 1 aliphatic rings. The highest BCUT2D eigenvalue weighted by Gasteiger charge is 2.25. The summed E-state index contributed by atoms with van der Waals surface area (Å²) in [7, 11) is 1.78. The Morgan fingerprint density at radius 1 is 1.25 bits per heavy atom. The first-order valence-electron chi connectivity index (χ1n) is 6.66. The zero-order valence-corrected chi connectivity index (χ0v) is 11.0. The average Bonchev–Trinajstić information content (AvgIpc) is 2.31. The minimum Gasteiger partial charge on any atom is -0.382 e. The van der Waals surface area contributed by atoms with E-state index in [-0.39, 0.29) is 0 Å². The van der Waals surface area contributed by atoms with E-state index in [4.69, 9.17) is 10.6 Å². The maximum Gasteiger partial charge on any atom is 0.0543 e. The van der Waals surface area contributed by atoms with E-state index in [1.54, 1.807) is 7.11 Å². The fourth-order valence-corrected chi connectivity index (χ4v) is 2.68. The number of rotatable bonds is 6. The van der Waals surface area contributed by atoms with Gasteiger partial charge < -0.3 is 4.74 Å². The second-order valence-corrected chi connectivity index (χ2v) is 5.42. The molecule has 0 spiro atoms. The predicted octanol–water partition coefficient (Wildman–Crippen LogP) is 2.46. The maximum atomic E-state index is 5.68. The molecule has 96 valence electrons. The minimum atomic E-state index is 0.346. The molecule has 3 N–H and O–H groups in total. The molecular weight excluding hydrogens is 200 g/mol. The number of nitrogens with one attached hydrogen (secondary N) is 1. The Morgan fingerprint density at radius 2 is 1.88 bits per heavy atom. The molecule has 0 bridgehead atoms. The summed E-state index contributed by atoms with van der Waals surface area (Å²) in [5.74, 6) is 7.35. The maximum absolute atomic E-state index is 5.68. The van der Waals surface area contributed by atoms with Crippen molar-refractivity contribution < 1.29 is 4.74 Å². The molecule has 1 rings (SSSR count). The van der Waals surface area contributed by atoms with Crippen molar-refractivity contribution in [3.63, 3.8) is 0 Å². The summed E-state index contributed by atoms with van der Waals surface area (Å²) in [6, 6.07) is 0.477. The first kappa shape index (κ1) is 13.9. The molecule has 0 radical (unpaired) electrons. The fourth-order valence-electron chi connectivity index (χ4n) is 2.68. The molecule has 3 nitrogen and oxygen atoms in total. The van der Waals surface area contributed by atoms with Gasteiger partial charge in [-0.1, -0.05) is 19.8 Å². The van der Waals surface area contributed by atoms with Crippen LogP contribution in [0.2, 0.25) is 0 Å². The van der Waals surface area contributed by atoms with Gasteiger partial charge in [0.05, 0.1) is 6.10 Å².